The zero-order valence-electron chi connectivity index (χ0n) is 14.7. The monoisotopic (exact) mass is 349 g/mol. The number of hydrogen-bond donors (Lipinski definition) is 1. The topological polar surface area (TPSA) is 72.7 Å². The number of aryl methyl sites for hydroxylation is 1. The molecule has 1 aliphatic rings. The van der Waals surface area contributed by atoms with Gasteiger partial charge in [0.2, 0.25) is 5.91 Å². The molecule has 3 heterocycles. The average molecular weight is 349 g/mol. The largest absolute Gasteiger partial charge is 0.353 e. The normalized spacial score (nSPS) is 20.2. The first-order chi connectivity index (χ1) is 12.8. The van der Waals surface area contributed by atoms with Gasteiger partial charge in [-0.3, -0.25) is 14.8 Å². The maximum Gasteiger partial charge on any atom is 0.220 e. The maximum atomic E-state index is 12.2. The first kappa shape index (κ1) is 16.7. The second-order valence-corrected chi connectivity index (χ2v) is 6.91. The highest BCUT2D eigenvalue weighted by Gasteiger charge is 2.24. The number of pyridine rings is 1. The van der Waals surface area contributed by atoms with Gasteiger partial charge >= 0.3 is 0 Å². The van der Waals surface area contributed by atoms with Crippen LogP contribution < -0.4 is 5.32 Å². The van der Waals surface area contributed by atoms with E-state index in [9.17, 15) is 4.79 Å². The zero-order valence-corrected chi connectivity index (χ0v) is 14.7. The van der Waals surface area contributed by atoms with E-state index in [2.05, 4.69) is 43.2 Å². The summed E-state index contributed by atoms with van der Waals surface area (Å²) in [6.45, 7) is 0. The lowest BCUT2D eigenvalue weighted by atomic mass is 9.91. The third-order valence-electron chi connectivity index (χ3n) is 5.16. The van der Waals surface area contributed by atoms with Crippen LogP contribution in [0.1, 0.15) is 43.8 Å². The van der Waals surface area contributed by atoms with Crippen molar-refractivity contribution in [1.29, 1.82) is 0 Å². The van der Waals surface area contributed by atoms with Crippen LogP contribution in [0.25, 0.3) is 11.0 Å². The van der Waals surface area contributed by atoms with Crippen molar-refractivity contribution in [2.75, 3.05) is 0 Å². The summed E-state index contributed by atoms with van der Waals surface area (Å²) in [4.78, 5) is 25.0. The average Bonchev–Trinajstić information content (AvgIpc) is 3.12. The number of nitrogens with one attached hydrogen (secondary N) is 1. The molecular weight excluding hydrogens is 326 g/mol. The minimum atomic E-state index is 0.104. The molecule has 1 saturated carbocycles. The number of rotatable bonds is 5. The highest BCUT2D eigenvalue weighted by Crippen LogP contribution is 2.31. The van der Waals surface area contributed by atoms with E-state index < -0.39 is 0 Å². The van der Waals surface area contributed by atoms with E-state index in [1.54, 1.807) is 18.6 Å². The number of fused-ring (bicyclic) bond motifs is 1. The number of hydrogen-bond acceptors (Lipinski definition) is 4. The SMILES string of the molecule is O=C(CCc1cnccn1)NC1CCC(n2ccc3cccnc32)CC1. The van der Waals surface area contributed by atoms with E-state index in [1.807, 2.05) is 12.3 Å². The van der Waals surface area contributed by atoms with Crippen LogP contribution in [-0.4, -0.2) is 31.5 Å². The summed E-state index contributed by atoms with van der Waals surface area (Å²) in [5, 5.41) is 4.37. The molecular formula is C20H23N5O. The van der Waals surface area contributed by atoms with Crippen LogP contribution >= 0.6 is 0 Å². The van der Waals surface area contributed by atoms with Gasteiger partial charge in [0, 0.05) is 54.9 Å². The van der Waals surface area contributed by atoms with Crippen molar-refractivity contribution in [3.63, 3.8) is 0 Å². The van der Waals surface area contributed by atoms with Crippen molar-refractivity contribution in [3.05, 3.63) is 54.9 Å². The first-order valence-corrected chi connectivity index (χ1v) is 9.25. The molecule has 0 radical (unpaired) electrons. The Balaban J connectivity index is 1.28. The van der Waals surface area contributed by atoms with Crippen LogP contribution in [0.4, 0.5) is 0 Å². The molecule has 0 bridgehead atoms. The van der Waals surface area contributed by atoms with Gasteiger partial charge in [-0.05, 0) is 50.3 Å². The van der Waals surface area contributed by atoms with Crippen molar-refractivity contribution in [3.8, 4) is 0 Å². The van der Waals surface area contributed by atoms with Crippen molar-refractivity contribution < 1.29 is 4.79 Å². The molecule has 0 aliphatic heterocycles. The van der Waals surface area contributed by atoms with Gasteiger partial charge in [0.05, 0.1) is 5.69 Å². The van der Waals surface area contributed by atoms with Gasteiger partial charge in [0.15, 0.2) is 0 Å². The Bertz CT molecular complexity index is 868. The van der Waals surface area contributed by atoms with E-state index in [0.717, 1.165) is 37.0 Å². The Morgan fingerprint density at radius 2 is 2.00 bits per heavy atom. The zero-order chi connectivity index (χ0) is 17.8. The molecule has 4 rings (SSSR count). The molecule has 1 amide bonds. The fraction of sp³-hybridized carbons (Fsp3) is 0.400. The molecule has 0 spiro atoms. The molecule has 0 aromatic carbocycles. The standard InChI is InChI=1S/C20H23N5O/c26-19(8-5-17-14-21-11-12-22-17)24-16-3-6-18(7-4-16)25-13-9-15-2-1-10-23-20(15)25/h1-2,9-14,16,18H,3-8H2,(H,24,26). The van der Waals surface area contributed by atoms with Crippen LogP contribution in [-0.2, 0) is 11.2 Å². The molecule has 134 valence electrons. The summed E-state index contributed by atoms with van der Waals surface area (Å²) >= 11 is 0. The van der Waals surface area contributed by atoms with Crippen LogP contribution in [0.5, 0.6) is 0 Å². The lowest BCUT2D eigenvalue weighted by Crippen LogP contribution is -2.38. The summed E-state index contributed by atoms with van der Waals surface area (Å²) in [5.74, 6) is 0.104. The van der Waals surface area contributed by atoms with Gasteiger partial charge in [-0.15, -0.1) is 0 Å². The van der Waals surface area contributed by atoms with Gasteiger partial charge in [0.25, 0.3) is 0 Å². The molecule has 1 aliphatic carbocycles. The van der Waals surface area contributed by atoms with E-state index in [-0.39, 0.29) is 11.9 Å². The lowest BCUT2D eigenvalue weighted by Gasteiger charge is -2.30. The van der Waals surface area contributed by atoms with E-state index >= 15 is 0 Å². The van der Waals surface area contributed by atoms with E-state index in [0.29, 0.717) is 18.9 Å². The molecule has 1 N–H and O–H groups in total. The molecule has 0 atom stereocenters. The van der Waals surface area contributed by atoms with E-state index in [1.165, 1.54) is 5.39 Å². The van der Waals surface area contributed by atoms with Crippen molar-refractivity contribution in [1.82, 2.24) is 24.8 Å². The van der Waals surface area contributed by atoms with Crippen LogP contribution in [0.2, 0.25) is 0 Å². The molecule has 3 aromatic heterocycles. The van der Waals surface area contributed by atoms with Gasteiger partial charge in [-0.1, -0.05) is 0 Å². The highest BCUT2D eigenvalue weighted by atomic mass is 16.1. The smallest absolute Gasteiger partial charge is 0.220 e. The van der Waals surface area contributed by atoms with Gasteiger partial charge < -0.3 is 9.88 Å². The van der Waals surface area contributed by atoms with Crippen molar-refractivity contribution >= 4 is 16.9 Å². The van der Waals surface area contributed by atoms with E-state index in [4.69, 9.17) is 0 Å². The molecule has 0 unspecified atom stereocenters. The summed E-state index contributed by atoms with van der Waals surface area (Å²) in [5.41, 5.74) is 1.92. The third kappa shape index (κ3) is 3.74. The summed E-state index contributed by atoms with van der Waals surface area (Å²) in [6.07, 6.45) is 14.3. The summed E-state index contributed by atoms with van der Waals surface area (Å²) < 4.78 is 2.29. The highest BCUT2D eigenvalue weighted by molar-refractivity contribution is 5.76. The van der Waals surface area contributed by atoms with Gasteiger partial charge in [-0.25, -0.2) is 4.98 Å². The van der Waals surface area contributed by atoms with Crippen LogP contribution in [0.3, 0.4) is 0 Å². The Morgan fingerprint density at radius 3 is 2.81 bits per heavy atom. The number of aromatic nitrogens is 4. The van der Waals surface area contributed by atoms with Crippen molar-refractivity contribution in [2.24, 2.45) is 0 Å². The fourth-order valence-corrected chi connectivity index (χ4v) is 3.78. The maximum absolute atomic E-state index is 12.2. The molecule has 6 nitrogen and oxygen atoms in total. The minimum Gasteiger partial charge on any atom is -0.353 e. The quantitative estimate of drug-likeness (QED) is 0.768. The molecule has 3 aromatic rings. The second kappa shape index (κ2) is 7.64. The molecule has 1 fully saturated rings. The Hall–Kier alpha value is -2.76. The van der Waals surface area contributed by atoms with Crippen molar-refractivity contribution in [2.45, 2.75) is 50.6 Å². The molecule has 26 heavy (non-hydrogen) atoms. The summed E-state index contributed by atoms with van der Waals surface area (Å²) in [7, 11) is 0. The third-order valence-corrected chi connectivity index (χ3v) is 5.16. The number of nitrogens with zero attached hydrogens (tertiary/aromatic N) is 4. The van der Waals surface area contributed by atoms with Gasteiger partial charge in [-0.2, -0.15) is 0 Å². The predicted octanol–water partition coefficient (Wildman–Crippen LogP) is 3.06. The Labute approximate surface area is 152 Å². The van der Waals surface area contributed by atoms with Crippen LogP contribution in [0.15, 0.2) is 49.2 Å². The van der Waals surface area contributed by atoms with Gasteiger partial charge in [0.1, 0.15) is 5.65 Å². The summed E-state index contributed by atoms with van der Waals surface area (Å²) in [6, 6.07) is 6.94. The number of carbonyl (C=O) groups excluding carboxylic acids is 1. The van der Waals surface area contributed by atoms with Crippen LogP contribution in [0, 0.1) is 0 Å². The minimum absolute atomic E-state index is 0.104. The first-order valence-electron chi connectivity index (χ1n) is 9.25. The molecule has 0 saturated heterocycles. The second-order valence-electron chi connectivity index (χ2n) is 6.91. The lowest BCUT2D eigenvalue weighted by molar-refractivity contribution is -0.122. The molecule has 6 heteroatoms. The Kier molecular flexibility index (Phi) is 4.91. The predicted molar refractivity (Wildman–Crippen MR) is 99.5 cm³/mol. The number of amides is 1. The Morgan fingerprint density at radius 1 is 1.12 bits per heavy atom. The fourth-order valence-electron chi connectivity index (χ4n) is 3.78. The number of carbonyl (C=O) groups is 1.